The summed E-state index contributed by atoms with van der Waals surface area (Å²) >= 11 is 0. The van der Waals surface area contributed by atoms with Crippen molar-refractivity contribution in [2.45, 2.75) is 25.9 Å². The van der Waals surface area contributed by atoms with Crippen molar-refractivity contribution in [3.05, 3.63) is 53.1 Å². The molecule has 1 aromatic carbocycles. The molecule has 0 radical (unpaired) electrons. The van der Waals surface area contributed by atoms with E-state index < -0.39 is 5.60 Å². The van der Waals surface area contributed by atoms with Crippen LogP contribution < -0.4 is 4.74 Å². The van der Waals surface area contributed by atoms with Gasteiger partial charge in [-0.2, -0.15) is 5.26 Å². The van der Waals surface area contributed by atoms with Crippen LogP contribution in [0.3, 0.4) is 0 Å². The second-order valence-corrected chi connectivity index (χ2v) is 5.98. The maximum Gasteiger partial charge on any atom is 0.125 e. The summed E-state index contributed by atoms with van der Waals surface area (Å²) in [5.74, 6) is 0.491. The van der Waals surface area contributed by atoms with Gasteiger partial charge in [-0.3, -0.25) is 0 Å². The van der Waals surface area contributed by atoms with Crippen molar-refractivity contribution in [3.8, 4) is 11.8 Å². The van der Waals surface area contributed by atoms with Gasteiger partial charge >= 0.3 is 0 Å². The summed E-state index contributed by atoms with van der Waals surface area (Å²) in [4.78, 5) is 0. The van der Waals surface area contributed by atoms with Crippen molar-refractivity contribution in [1.82, 2.24) is 0 Å². The SMILES string of the molecule is COCC1=CC(O)(COc2c(C)cccc2C)C(CC#N)C=C1. The van der Waals surface area contributed by atoms with E-state index in [9.17, 15) is 5.11 Å². The Morgan fingerprint density at radius 3 is 2.61 bits per heavy atom. The molecule has 4 nitrogen and oxygen atoms in total. The van der Waals surface area contributed by atoms with E-state index in [0.29, 0.717) is 6.61 Å². The van der Waals surface area contributed by atoms with Gasteiger partial charge in [0.25, 0.3) is 0 Å². The van der Waals surface area contributed by atoms with Crippen molar-refractivity contribution >= 4 is 0 Å². The monoisotopic (exact) mass is 313 g/mol. The van der Waals surface area contributed by atoms with E-state index in [-0.39, 0.29) is 18.9 Å². The lowest BCUT2D eigenvalue weighted by Gasteiger charge is -2.34. The lowest BCUT2D eigenvalue weighted by molar-refractivity contribution is 0.00127. The third kappa shape index (κ3) is 4.01. The molecule has 0 saturated carbocycles. The molecule has 0 spiro atoms. The first-order chi connectivity index (χ1) is 11.0. The summed E-state index contributed by atoms with van der Waals surface area (Å²) in [7, 11) is 1.61. The molecule has 0 saturated heterocycles. The average molecular weight is 313 g/mol. The molecule has 1 aromatic rings. The van der Waals surface area contributed by atoms with Crippen molar-refractivity contribution in [1.29, 1.82) is 5.26 Å². The zero-order chi connectivity index (χ0) is 16.9. The molecule has 2 unspecified atom stereocenters. The first-order valence-electron chi connectivity index (χ1n) is 7.67. The number of methoxy groups -OCH3 is 1. The minimum absolute atomic E-state index is 0.0998. The van der Waals surface area contributed by atoms with Crippen LogP contribution in [0.15, 0.2) is 42.0 Å². The Labute approximate surface area is 137 Å². The van der Waals surface area contributed by atoms with E-state index in [4.69, 9.17) is 14.7 Å². The smallest absolute Gasteiger partial charge is 0.125 e. The number of nitriles is 1. The fourth-order valence-corrected chi connectivity index (χ4v) is 2.85. The Morgan fingerprint density at radius 2 is 2.00 bits per heavy atom. The zero-order valence-corrected chi connectivity index (χ0v) is 13.9. The van der Waals surface area contributed by atoms with Crippen molar-refractivity contribution in [2.24, 2.45) is 5.92 Å². The molecule has 0 aromatic heterocycles. The van der Waals surface area contributed by atoms with E-state index in [1.165, 1.54) is 0 Å². The molecule has 0 amide bonds. The Balaban J connectivity index is 2.22. The second-order valence-electron chi connectivity index (χ2n) is 5.98. The third-order valence-electron chi connectivity index (χ3n) is 4.10. The highest BCUT2D eigenvalue weighted by Gasteiger charge is 2.36. The topological polar surface area (TPSA) is 62.5 Å². The fourth-order valence-electron chi connectivity index (χ4n) is 2.85. The van der Waals surface area contributed by atoms with E-state index in [2.05, 4.69) is 6.07 Å². The van der Waals surface area contributed by atoms with Crippen LogP contribution in [-0.4, -0.2) is 31.0 Å². The average Bonchev–Trinajstić information content (AvgIpc) is 2.50. The third-order valence-corrected chi connectivity index (χ3v) is 4.10. The van der Waals surface area contributed by atoms with E-state index in [0.717, 1.165) is 22.4 Å². The summed E-state index contributed by atoms with van der Waals surface area (Å²) in [5, 5.41) is 20.1. The van der Waals surface area contributed by atoms with Crippen LogP contribution in [0.1, 0.15) is 17.5 Å². The van der Waals surface area contributed by atoms with Crippen LogP contribution >= 0.6 is 0 Å². The van der Waals surface area contributed by atoms with Gasteiger partial charge in [-0.1, -0.05) is 30.4 Å². The summed E-state index contributed by atoms with van der Waals surface area (Å²) in [6, 6.07) is 8.07. The molecule has 4 heteroatoms. The number of hydrogen-bond donors (Lipinski definition) is 1. The maximum atomic E-state index is 11.0. The van der Waals surface area contributed by atoms with Gasteiger partial charge in [0.1, 0.15) is 18.0 Å². The number of ether oxygens (including phenoxy) is 2. The fraction of sp³-hybridized carbons (Fsp3) is 0.421. The number of aryl methyl sites for hydroxylation is 2. The Hall–Kier alpha value is -2.09. The van der Waals surface area contributed by atoms with Crippen molar-refractivity contribution in [3.63, 3.8) is 0 Å². The molecular weight excluding hydrogens is 290 g/mol. The summed E-state index contributed by atoms with van der Waals surface area (Å²) in [6.07, 6.45) is 5.76. The molecule has 122 valence electrons. The van der Waals surface area contributed by atoms with Crippen molar-refractivity contribution < 1.29 is 14.6 Å². The van der Waals surface area contributed by atoms with E-state index >= 15 is 0 Å². The van der Waals surface area contributed by atoms with Crippen LogP contribution in [-0.2, 0) is 4.74 Å². The number of benzene rings is 1. The summed E-state index contributed by atoms with van der Waals surface area (Å²) in [5.41, 5.74) is 1.72. The maximum absolute atomic E-state index is 11.0. The quantitative estimate of drug-likeness (QED) is 0.876. The largest absolute Gasteiger partial charge is 0.490 e. The van der Waals surface area contributed by atoms with Crippen LogP contribution in [0.5, 0.6) is 5.75 Å². The minimum Gasteiger partial charge on any atom is -0.490 e. The van der Waals surface area contributed by atoms with Gasteiger partial charge in [0, 0.05) is 19.4 Å². The predicted octanol–water partition coefficient (Wildman–Crippen LogP) is 3.09. The highest BCUT2D eigenvalue weighted by atomic mass is 16.5. The van der Waals surface area contributed by atoms with Crippen LogP contribution in [0.2, 0.25) is 0 Å². The molecule has 0 heterocycles. The van der Waals surface area contributed by atoms with Crippen LogP contribution in [0, 0.1) is 31.1 Å². The minimum atomic E-state index is -1.22. The molecule has 0 fully saturated rings. The summed E-state index contributed by atoms with van der Waals surface area (Å²) in [6.45, 7) is 4.47. The summed E-state index contributed by atoms with van der Waals surface area (Å²) < 4.78 is 11.1. The van der Waals surface area contributed by atoms with Crippen molar-refractivity contribution in [2.75, 3.05) is 20.3 Å². The lowest BCUT2D eigenvalue weighted by Crippen LogP contribution is -2.43. The number of nitrogens with zero attached hydrogens (tertiary/aromatic N) is 1. The molecule has 0 aliphatic heterocycles. The van der Waals surface area contributed by atoms with Gasteiger partial charge in [-0.05, 0) is 36.6 Å². The van der Waals surface area contributed by atoms with E-state index in [1.54, 1.807) is 13.2 Å². The van der Waals surface area contributed by atoms with Gasteiger partial charge in [0.05, 0.1) is 12.7 Å². The van der Waals surface area contributed by atoms with E-state index in [1.807, 2.05) is 44.2 Å². The standard InChI is InChI=1S/C19H23NO3/c1-14-5-4-6-15(2)18(14)23-13-19(21)11-16(12-22-3)7-8-17(19)9-10-20/h4-8,11,17,21H,9,12-13H2,1-3H3. The van der Waals surface area contributed by atoms with Gasteiger partial charge in [0.2, 0.25) is 0 Å². The van der Waals surface area contributed by atoms with Gasteiger partial charge in [-0.15, -0.1) is 0 Å². The lowest BCUT2D eigenvalue weighted by atomic mass is 9.80. The Bertz CT molecular complexity index is 637. The molecular formula is C19H23NO3. The number of para-hydroxylation sites is 1. The van der Waals surface area contributed by atoms with Crippen LogP contribution in [0.4, 0.5) is 0 Å². The van der Waals surface area contributed by atoms with Gasteiger partial charge in [0.15, 0.2) is 0 Å². The Kier molecular flexibility index (Phi) is 5.59. The Morgan fingerprint density at radius 1 is 1.30 bits per heavy atom. The molecule has 2 atom stereocenters. The second kappa shape index (κ2) is 7.45. The number of aliphatic hydroxyl groups is 1. The molecule has 23 heavy (non-hydrogen) atoms. The number of hydrogen-bond acceptors (Lipinski definition) is 4. The highest BCUT2D eigenvalue weighted by molar-refractivity contribution is 5.40. The zero-order valence-electron chi connectivity index (χ0n) is 13.9. The number of rotatable bonds is 6. The van der Waals surface area contributed by atoms with Gasteiger partial charge < -0.3 is 14.6 Å². The van der Waals surface area contributed by atoms with Crippen LogP contribution in [0.25, 0.3) is 0 Å². The first-order valence-corrected chi connectivity index (χ1v) is 7.67. The normalized spacial score (nSPS) is 23.3. The predicted molar refractivity (Wildman–Crippen MR) is 89.2 cm³/mol. The van der Waals surface area contributed by atoms with Gasteiger partial charge in [-0.25, -0.2) is 0 Å². The molecule has 1 aliphatic rings. The molecule has 2 rings (SSSR count). The molecule has 0 bridgehead atoms. The first kappa shape index (κ1) is 17.3. The highest BCUT2D eigenvalue weighted by Crippen LogP contribution is 2.32. The molecule has 1 aliphatic carbocycles. The molecule has 1 N–H and O–H groups in total.